The predicted molar refractivity (Wildman–Crippen MR) is 86.3 cm³/mol. The molecule has 0 aromatic heterocycles. The zero-order chi connectivity index (χ0) is 14.7. The summed E-state index contributed by atoms with van der Waals surface area (Å²) in [5.41, 5.74) is 1.98. The molecule has 0 saturated heterocycles. The minimum Gasteiger partial charge on any atom is -0.543 e. The van der Waals surface area contributed by atoms with Gasteiger partial charge in [-0.2, -0.15) is 0 Å². The van der Waals surface area contributed by atoms with Gasteiger partial charge in [0.2, 0.25) is 8.32 Å². The largest absolute Gasteiger partial charge is 0.543 e. The molecular formula is C17H24OSi. The first-order valence-corrected chi connectivity index (χ1v) is 9.50. The summed E-state index contributed by atoms with van der Waals surface area (Å²) in [6.45, 7) is 17.1. The topological polar surface area (TPSA) is 9.23 Å². The zero-order valence-electron chi connectivity index (χ0n) is 12.9. The van der Waals surface area contributed by atoms with Gasteiger partial charge in [-0.25, -0.2) is 0 Å². The summed E-state index contributed by atoms with van der Waals surface area (Å²) in [5, 5.41) is 0.168. The molecule has 1 rings (SSSR count). The fraction of sp³-hybridized carbons (Fsp3) is 0.412. The van der Waals surface area contributed by atoms with Crippen molar-refractivity contribution in [3.63, 3.8) is 0 Å². The van der Waals surface area contributed by atoms with Gasteiger partial charge in [0, 0.05) is 11.1 Å². The van der Waals surface area contributed by atoms with E-state index in [0.29, 0.717) is 0 Å². The molecule has 0 bridgehead atoms. The molecule has 0 heterocycles. The lowest BCUT2D eigenvalue weighted by Gasteiger charge is -2.37. The average Bonchev–Trinajstić information content (AvgIpc) is 2.28. The van der Waals surface area contributed by atoms with Gasteiger partial charge in [-0.1, -0.05) is 51.5 Å². The van der Waals surface area contributed by atoms with E-state index in [-0.39, 0.29) is 5.04 Å². The van der Waals surface area contributed by atoms with E-state index in [1.165, 1.54) is 0 Å². The maximum Gasteiger partial charge on any atom is 0.250 e. The van der Waals surface area contributed by atoms with Gasteiger partial charge in [0.15, 0.2) is 0 Å². The summed E-state index contributed by atoms with van der Waals surface area (Å²) < 4.78 is 6.25. The quantitative estimate of drug-likeness (QED) is 0.425. The second-order valence-electron chi connectivity index (χ2n) is 6.21. The Morgan fingerprint density at radius 2 is 1.79 bits per heavy atom. The summed E-state index contributed by atoms with van der Waals surface area (Å²) in [6, 6.07) is 8.01. The van der Waals surface area contributed by atoms with Gasteiger partial charge in [-0.3, -0.25) is 0 Å². The molecule has 0 amide bonds. The van der Waals surface area contributed by atoms with Crippen molar-refractivity contribution in [1.29, 1.82) is 0 Å². The van der Waals surface area contributed by atoms with Crippen molar-refractivity contribution in [2.75, 3.05) is 0 Å². The molecule has 0 aliphatic carbocycles. The van der Waals surface area contributed by atoms with E-state index in [9.17, 15) is 0 Å². The van der Waals surface area contributed by atoms with Crippen LogP contribution in [0.2, 0.25) is 18.1 Å². The first-order chi connectivity index (χ1) is 8.69. The first-order valence-electron chi connectivity index (χ1n) is 6.59. The van der Waals surface area contributed by atoms with Gasteiger partial charge in [-0.05, 0) is 31.1 Å². The highest BCUT2D eigenvalue weighted by Gasteiger charge is 2.39. The van der Waals surface area contributed by atoms with E-state index >= 15 is 0 Å². The van der Waals surface area contributed by atoms with Crippen LogP contribution in [0.3, 0.4) is 0 Å². The Morgan fingerprint density at radius 3 is 2.32 bits per heavy atom. The van der Waals surface area contributed by atoms with Crippen molar-refractivity contribution in [2.24, 2.45) is 0 Å². The first kappa shape index (κ1) is 15.6. The molecule has 102 valence electrons. The smallest absolute Gasteiger partial charge is 0.250 e. The number of hydrogen-bond donors (Lipinski definition) is 0. The van der Waals surface area contributed by atoms with E-state index in [2.05, 4.69) is 52.3 Å². The van der Waals surface area contributed by atoms with Crippen LogP contribution in [-0.2, 0) is 4.43 Å². The van der Waals surface area contributed by atoms with Crippen LogP contribution in [0, 0.1) is 11.8 Å². The van der Waals surface area contributed by atoms with Crippen molar-refractivity contribution in [1.82, 2.24) is 0 Å². The predicted octanol–water partition coefficient (Wildman–Crippen LogP) is 5.05. The molecule has 0 atom stereocenters. The second kappa shape index (κ2) is 5.67. The highest BCUT2D eigenvalue weighted by atomic mass is 28.4. The van der Waals surface area contributed by atoms with Gasteiger partial charge in [0.25, 0.3) is 0 Å². The molecule has 0 aliphatic heterocycles. The van der Waals surface area contributed by atoms with Crippen LogP contribution in [0.4, 0.5) is 0 Å². The Kier molecular flexibility index (Phi) is 4.65. The highest BCUT2D eigenvalue weighted by Crippen LogP contribution is 2.39. The molecule has 0 fully saturated rings. The Morgan fingerprint density at radius 1 is 1.21 bits per heavy atom. The Labute approximate surface area is 118 Å². The standard InChI is InChI=1S/C17H24OSi/c1-8-11-15-12-9-10-13-16(15)14(2)18-19(6,7)17(3,4)5/h9-10,12-13H,2H2,1,3-7H3. The lowest BCUT2D eigenvalue weighted by Crippen LogP contribution is -2.40. The highest BCUT2D eigenvalue weighted by molar-refractivity contribution is 6.74. The van der Waals surface area contributed by atoms with E-state index < -0.39 is 8.32 Å². The molecule has 0 aliphatic rings. The summed E-state index contributed by atoms with van der Waals surface area (Å²) >= 11 is 0. The van der Waals surface area contributed by atoms with Crippen LogP contribution in [0.5, 0.6) is 0 Å². The summed E-state index contributed by atoms with van der Waals surface area (Å²) in [6.07, 6.45) is 0. The third-order valence-electron chi connectivity index (χ3n) is 3.67. The maximum absolute atomic E-state index is 6.25. The Balaban J connectivity index is 3.05. The van der Waals surface area contributed by atoms with Crippen molar-refractivity contribution in [3.05, 3.63) is 42.0 Å². The zero-order valence-corrected chi connectivity index (χ0v) is 13.9. The van der Waals surface area contributed by atoms with Crippen LogP contribution < -0.4 is 0 Å². The number of hydrogen-bond acceptors (Lipinski definition) is 1. The van der Waals surface area contributed by atoms with Crippen LogP contribution in [0.1, 0.15) is 38.8 Å². The van der Waals surface area contributed by atoms with E-state index in [4.69, 9.17) is 4.43 Å². The molecule has 0 unspecified atom stereocenters. The number of rotatable bonds is 3. The average molecular weight is 272 g/mol. The number of benzene rings is 1. The lowest BCUT2D eigenvalue weighted by atomic mass is 10.1. The third-order valence-corrected chi connectivity index (χ3v) is 8.04. The maximum atomic E-state index is 6.25. The molecule has 0 spiro atoms. The molecule has 2 heteroatoms. The Bertz CT molecular complexity index is 524. The normalized spacial score (nSPS) is 11.5. The van der Waals surface area contributed by atoms with Crippen LogP contribution in [0.25, 0.3) is 5.76 Å². The van der Waals surface area contributed by atoms with Crippen molar-refractivity contribution < 1.29 is 4.43 Å². The minimum atomic E-state index is -1.84. The van der Waals surface area contributed by atoms with E-state index in [1.807, 2.05) is 31.2 Å². The molecule has 1 aromatic carbocycles. The fourth-order valence-corrected chi connectivity index (χ4v) is 2.52. The fourth-order valence-electron chi connectivity index (χ4n) is 1.49. The summed E-state index contributed by atoms with van der Waals surface area (Å²) in [7, 11) is -1.84. The van der Waals surface area contributed by atoms with Gasteiger partial charge in [-0.15, -0.1) is 5.92 Å². The molecule has 0 saturated carbocycles. The van der Waals surface area contributed by atoms with Crippen molar-refractivity contribution >= 4 is 14.1 Å². The van der Waals surface area contributed by atoms with Gasteiger partial charge in [0.1, 0.15) is 5.76 Å². The van der Waals surface area contributed by atoms with Gasteiger partial charge >= 0.3 is 0 Å². The van der Waals surface area contributed by atoms with Gasteiger partial charge < -0.3 is 4.43 Å². The third kappa shape index (κ3) is 3.75. The molecule has 1 aromatic rings. The van der Waals surface area contributed by atoms with Crippen LogP contribution >= 0.6 is 0 Å². The molecule has 0 N–H and O–H groups in total. The van der Waals surface area contributed by atoms with Gasteiger partial charge in [0.05, 0.1) is 0 Å². The minimum absolute atomic E-state index is 0.168. The summed E-state index contributed by atoms with van der Waals surface area (Å²) in [5.74, 6) is 6.78. The molecule has 0 radical (unpaired) electrons. The van der Waals surface area contributed by atoms with Crippen LogP contribution in [-0.4, -0.2) is 8.32 Å². The lowest BCUT2D eigenvalue weighted by molar-refractivity contribution is 0.459. The van der Waals surface area contributed by atoms with Crippen molar-refractivity contribution in [3.8, 4) is 11.8 Å². The molecular weight excluding hydrogens is 248 g/mol. The monoisotopic (exact) mass is 272 g/mol. The van der Waals surface area contributed by atoms with E-state index in [1.54, 1.807) is 0 Å². The Hall–Kier alpha value is -1.46. The second-order valence-corrected chi connectivity index (χ2v) is 10.9. The van der Waals surface area contributed by atoms with Crippen molar-refractivity contribution in [2.45, 2.75) is 45.8 Å². The molecule has 19 heavy (non-hydrogen) atoms. The molecule has 1 nitrogen and oxygen atoms in total. The van der Waals surface area contributed by atoms with E-state index in [0.717, 1.165) is 16.9 Å². The van der Waals surface area contributed by atoms with Crippen LogP contribution in [0.15, 0.2) is 30.8 Å². The summed E-state index contributed by atoms with van der Waals surface area (Å²) in [4.78, 5) is 0. The SMILES string of the molecule is C=C(O[Si](C)(C)C(C)(C)C)c1ccccc1C#CC.